The van der Waals surface area contributed by atoms with Crippen molar-refractivity contribution in [1.82, 2.24) is 14.5 Å². The van der Waals surface area contributed by atoms with E-state index in [9.17, 15) is 0 Å². The molecule has 9 rings (SSSR count). The molecule has 0 atom stereocenters. The molecule has 3 aromatic heterocycles. The van der Waals surface area contributed by atoms with E-state index in [-0.39, 0.29) is 43.7 Å². The number of ether oxygens (including phenoxy) is 1. The topological polar surface area (TPSA) is 46.4 Å². The van der Waals surface area contributed by atoms with E-state index in [2.05, 4.69) is 195 Å². The summed E-state index contributed by atoms with van der Waals surface area (Å²) in [6, 6.07) is 43.9. The molecule has 0 aliphatic carbocycles. The summed E-state index contributed by atoms with van der Waals surface area (Å²) in [6.45, 7) is 29.4. The average molecular weight is 1020 g/mol. The monoisotopic (exact) mass is 1020 g/mol. The first kappa shape index (κ1) is 44.9. The maximum absolute atomic E-state index is 6.64. The first-order chi connectivity index (χ1) is 30.0. The third-order valence-electron chi connectivity index (χ3n) is 12.5. The second kappa shape index (κ2) is 17.0. The molecule has 0 saturated carbocycles. The smallest absolute Gasteiger partial charge is 0.135 e. The molecule has 0 spiro atoms. The fourth-order valence-electron chi connectivity index (χ4n) is 9.12. The summed E-state index contributed by atoms with van der Waals surface area (Å²) in [6.07, 6.45) is 3.78. The molecule has 330 valence electrons. The fourth-order valence-corrected chi connectivity index (χ4v) is 9.12. The van der Waals surface area contributed by atoms with Crippen molar-refractivity contribution in [3.63, 3.8) is 0 Å². The summed E-state index contributed by atoms with van der Waals surface area (Å²) < 4.78 is 8.83. The number of aromatic nitrogens is 3. The molecule has 6 nitrogen and oxygen atoms in total. The molecule has 0 N–H and O–H groups in total. The van der Waals surface area contributed by atoms with Gasteiger partial charge in [0.25, 0.3) is 0 Å². The fraction of sp³-hybridized carbons (Fsp3) is 0.281. The zero-order valence-electron chi connectivity index (χ0n) is 39.2. The number of rotatable bonds is 8. The normalized spacial score (nSPS) is 13.0. The van der Waals surface area contributed by atoms with E-state index in [1.165, 1.54) is 50.2 Å². The van der Waals surface area contributed by atoms with Crippen LogP contribution in [-0.2, 0) is 31.9 Å². The summed E-state index contributed by atoms with van der Waals surface area (Å²) in [7, 11) is 0. The van der Waals surface area contributed by atoms with Crippen molar-refractivity contribution < 1.29 is 25.8 Å². The maximum atomic E-state index is 6.64. The van der Waals surface area contributed by atoms with Crippen LogP contribution in [0.25, 0.3) is 38.8 Å². The number of fused-ring (bicyclic) bond motifs is 4. The van der Waals surface area contributed by atoms with E-state index in [4.69, 9.17) is 14.7 Å². The number of hydrogen-bond donors (Lipinski definition) is 0. The number of nitrogens with zero attached hydrogens (tertiary/aromatic N) is 5. The van der Waals surface area contributed by atoms with Gasteiger partial charge in [-0.1, -0.05) is 105 Å². The number of hydrogen-bond acceptors (Lipinski definition) is 5. The van der Waals surface area contributed by atoms with E-state index in [1.54, 1.807) is 0 Å². The molecule has 0 unspecified atom stereocenters. The number of pyridine rings is 2. The van der Waals surface area contributed by atoms with Crippen molar-refractivity contribution in [3.05, 3.63) is 168 Å². The molecule has 5 aromatic carbocycles. The summed E-state index contributed by atoms with van der Waals surface area (Å²) in [5, 5.41) is 2.23. The van der Waals surface area contributed by atoms with Crippen LogP contribution in [0.15, 0.2) is 116 Å². The number of benzene rings is 5. The molecule has 1 aliphatic heterocycles. The Labute approximate surface area is 394 Å². The van der Waals surface area contributed by atoms with Gasteiger partial charge < -0.3 is 19.1 Å². The zero-order valence-corrected chi connectivity index (χ0v) is 41.4. The molecule has 1 aliphatic rings. The van der Waals surface area contributed by atoms with Gasteiger partial charge in [0.2, 0.25) is 0 Å². The Kier molecular flexibility index (Phi) is 11.9. The minimum absolute atomic E-state index is 0. The standard InChI is InChI=1S/C57H58N5O.Pt/c1-35(2)47-29-39(53-37(5)27-41(28-38(53)6)57(10,11)12)30-48(36(3)4)54(47)61-34-60(50-21-16-25-59-55(50)61)42-17-15-18-43(32-42)63-44-22-23-46-45-19-13-14-20-49(45)62(51(46)33-44)52-31-40(24-26-58-52)56(7,8)9;/h13-31,34-36H,1-12H3;/q-3;. The molecule has 7 heteroatoms. The molecule has 0 amide bonds. The summed E-state index contributed by atoms with van der Waals surface area (Å²) in [4.78, 5) is 14.3. The van der Waals surface area contributed by atoms with Gasteiger partial charge in [-0.15, -0.1) is 48.1 Å². The Morgan fingerprint density at radius 3 is 1.97 bits per heavy atom. The van der Waals surface area contributed by atoms with Crippen LogP contribution in [-0.4, -0.2) is 14.5 Å². The van der Waals surface area contributed by atoms with Gasteiger partial charge in [0.1, 0.15) is 11.6 Å². The van der Waals surface area contributed by atoms with Gasteiger partial charge in [0, 0.05) is 56.2 Å². The van der Waals surface area contributed by atoms with Gasteiger partial charge in [-0.05, 0) is 129 Å². The average Bonchev–Trinajstić information content (AvgIpc) is 3.78. The third kappa shape index (κ3) is 8.15. The molecule has 0 bridgehead atoms. The Balaban J connectivity index is 0.00000560. The maximum Gasteiger partial charge on any atom is 0.135 e. The quantitative estimate of drug-likeness (QED) is 0.142. The van der Waals surface area contributed by atoms with Gasteiger partial charge in [-0.2, -0.15) is 12.1 Å². The Morgan fingerprint density at radius 2 is 1.30 bits per heavy atom. The molecule has 8 aromatic rings. The van der Waals surface area contributed by atoms with Gasteiger partial charge in [0.15, 0.2) is 0 Å². The van der Waals surface area contributed by atoms with Crippen LogP contribution in [0.4, 0.5) is 22.9 Å². The largest absolute Gasteiger partial charge is 0.509 e. The molecule has 0 saturated heterocycles. The minimum Gasteiger partial charge on any atom is -0.509 e. The van der Waals surface area contributed by atoms with Crippen molar-refractivity contribution in [2.24, 2.45) is 0 Å². The van der Waals surface area contributed by atoms with E-state index in [0.717, 1.165) is 44.8 Å². The molecule has 0 radical (unpaired) electrons. The molecule has 4 heterocycles. The predicted octanol–water partition coefficient (Wildman–Crippen LogP) is 15.5. The van der Waals surface area contributed by atoms with Crippen LogP contribution in [0.1, 0.15) is 114 Å². The van der Waals surface area contributed by atoms with Crippen molar-refractivity contribution in [1.29, 1.82) is 0 Å². The third-order valence-corrected chi connectivity index (χ3v) is 12.5. The summed E-state index contributed by atoms with van der Waals surface area (Å²) in [5.41, 5.74) is 15.4. The van der Waals surface area contributed by atoms with Crippen molar-refractivity contribution in [3.8, 4) is 28.4 Å². The molecular weight excluding hydrogens is 966 g/mol. The van der Waals surface area contributed by atoms with E-state index in [1.807, 2.05) is 36.7 Å². The summed E-state index contributed by atoms with van der Waals surface area (Å²) >= 11 is 0. The van der Waals surface area contributed by atoms with Crippen LogP contribution in [0, 0.1) is 32.6 Å². The molecule has 0 fully saturated rings. The number of aryl methyl sites for hydroxylation is 2. The van der Waals surface area contributed by atoms with Crippen molar-refractivity contribution in [2.75, 3.05) is 9.80 Å². The number of para-hydroxylation sites is 1. The predicted molar refractivity (Wildman–Crippen MR) is 263 cm³/mol. The van der Waals surface area contributed by atoms with Crippen molar-refractivity contribution in [2.45, 2.75) is 106 Å². The van der Waals surface area contributed by atoms with E-state index < -0.39 is 0 Å². The van der Waals surface area contributed by atoms with E-state index >= 15 is 0 Å². The Bertz CT molecular complexity index is 2990. The second-order valence-corrected chi connectivity index (χ2v) is 19.8. The van der Waals surface area contributed by atoms with Gasteiger partial charge in [0.05, 0.1) is 5.69 Å². The Morgan fingerprint density at radius 1 is 0.625 bits per heavy atom. The number of anilines is 4. The zero-order chi connectivity index (χ0) is 44.5. The Hall–Kier alpha value is -5.71. The van der Waals surface area contributed by atoms with Crippen LogP contribution in [0.5, 0.6) is 11.5 Å². The van der Waals surface area contributed by atoms with E-state index in [0.29, 0.717) is 11.5 Å². The van der Waals surface area contributed by atoms with Crippen LogP contribution >= 0.6 is 0 Å². The summed E-state index contributed by atoms with van der Waals surface area (Å²) in [5.74, 6) is 3.45. The van der Waals surface area contributed by atoms with Crippen LogP contribution in [0.2, 0.25) is 0 Å². The van der Waals surface area contributed by atoms with Gasteiger partial charge in [-0.25, -0.2) is 9.97 Å². The minimum atomic E-state index is -0.0223. The first-order valence-electron chi connectivity index (χ1n) is 22.3. The van der Waals surface area contributed by atoms with Crippen molar-refractivity contribution >= 4 is 44.7 Å². The molecular formula is C57H58N5OPt-3. The SMILES string of the molecule is Cc1cc(C(C)(C)C)cc(C)c1-c1cc(C(C)C)c(N2[CH-]N(c3[c-]c(Oc4[c-]c5c(cc4)c4ccccc4n5-c4cc(C(C)(C)C)ccn4)ccc3)c3cccnc32)c(C(C)C)c1.[Pt]. The van der Waals surface area contributed by atoms with Crippen LogP contribution in [0.3, 0.4) is 0 Å². The van der Waals surface area contributed by atoms with Gasteiger partial charge in [-0.3, -0.25) is 0 Å². The molecule has 64 heavy (non-hydrogen) atoms. The second-order valence-electron chi connectivity index (χ2n) is 19.8. The first-order valence-corrected chi connectivity index (χ1v) is 22.3. The van der Waals surface area contributed by atoms with Crippen LogP contribution < -0.4 is 14.5 Å². The van der Waals surface area contributed by atoms with Gasteiger partial charge >= 0.3 is 0 Å².